The summed E-state index contributed by atoms with van der Waals surface area (Å²) >= 11 is 0. The van der Waals surface area contributed by atoms with Crippen molar-refractivity contribution in [2.45, 2.75) is 45.4 Å². The molecule has 2 aromatic heterocycles. The number of aryl methyl sites for hydroxylation is 1. The largest absolute Gasteiger partial charge is 0.445 e. The topological polar surface area (TPSA) is 75.0 Å². The summed E-state index contributed by atoms with van der Waals surface area (Å²) in [4.78, 5) is 19.3. The summed E-state index contributed by atoms with van der Waals surface area (Å²) in [5.41, 5.74) is 3.40. The molecule has 152 valence electrons. The number of amides is 1. The van der Waals surface area contributed by atoms with Crippen molar-refractivity contribution in [1.82, 2.24) is 20.1 Å². The van der Waals surface area contributed by atoms with Gasteiger partial charge in [0, 0.05) is 30.8 Å². The van der Waals surface area contributed by atoms with Gasteiger partial charge in [-0.15, -0.1) is 0 Å². The molecule has 1 aliphatic rings. The highest BCUT2D eigenvalue weighted by molar-refractivity contribution is 5.94. The van der Waals surface area contributed by atoms with E-state index < -0.39 is 0 Å². The molecule has 0 bridgehead atoms. The number of nitrogens with zero attached hydrogens (tertiary/aromatic N) is 3. The number of piperidine rings is 1. The van der Waals surface area contributed by atoms with Gasteiger partial charge >= 0.3 is 0 Å². The van der Waals surface area contributed by atoms with E-state index in [1.807, 2.05) is 18.7 Å². The second kappa shape index (κ2) is 8.19. The van der Waals surface area contributed by atoms with E-state index in [9.17, 15) is 9.18 Å². The van der Waals surface area contributed by atoms with Crippen LogP contribution in [-0.2, 0) is 12.8 Å². The van der Waals surface area contributed by atoms with Crippen LogP contribution in [0.1, 0.15) is 64.6 Å². The lowest BCUT2D eigenvalue weighted by Gasteiger charge is -2.31. The highest BCUT2D eigenvalue weighted by Gasteiger charge is 2.30. The van der Waals surface area contributed by atoms with Crippen molar-refractivity contribution in [2.24, 2.45) is 0 Å². The Bertz CT molecular complexity index is 993. The van der Waals surface area contributed by atoms with Crippen molar-refractivity contribution in [2.75, 3.05) is 13.1 Å². The number of aromatic amines is 1. The zero-order chi connectivity index (χ0) is 20.4. The van der Waals surface area contributed by atoms with E-state index in [0.29, 0.717) is 31.1 Å². The number of oxazole rings is 1. The van der Waals surface area contributed by atoms with E-state index in [4.69, 9.17) is 4.42 Å². The molecule has 1 saturated heterocycles. The fourth-order valence-corrected chi connectivity index (χ4v) is 3.90. The SMILES string of the molecule is CCc1[nH]nc(C(=O)N2CCC[C@@H](c3ncc(Cc4ccc(F)cc4)o3)C2)c1C. The molecule has 1 amide bonds. The van der Waals surface area contributed by atoms with E-state index in [0.717, 1.165) is 41.8 Å². The van der Waals surface area contributed by atoms with Crippen LogP contribution in [0.2, 0.25) is 0 Å². The summed E-state index contributed by atoms with van der Waals surface area (Å²) in [6, 6.07) is 6.38. The van der Waals surface area contributed by atoms with Crippen LogP contribution in [0.25, 0.3) is 0 Å². The van der Waals surface area contributed by atoms with Gasteiger partial charge < -0.3 is 9.32 Å². The summed E-state index contributed by atoms with van der Waals surface area (Å²) in [7, 11) is 0. The molecule has 0 aliphatic carbocycles. The fourth-order valence-electron chi connectivity index (χ4n) is 3.90. The van der Waals surface area contributed by atoms with Crippen LogP contribution < -0.4 is 0 Å². The zero-order valence-electron chi connectivity index (χ0n) is 16.7. The smallest absolute Gasteiger partial charge is 0.274 e. The molecule has 6 nitrogen and oxygen atoms in total. The molecule has 3 aromatic rings. The average Bonchev–Trinajstić information content (AvgIpc) is 3.36. The van der Waals surface area contributed by atoms with Gasteiger partial charge in [-0.2, -0.15) is 5.10 Å². The molecule has 0 radical (unpaired) electrons. The lowest BCUT2D eigenvalue weighted by atomic mass is 9.97. The molecule has 1 atom stereocenters. The van der Waals surface area contributed by atoms with E-state index in [1.54, 1.807) is 18.3 Å². The predicted octanol–water partition coefficient (Wildman–Crippen LogP) is 4.02. The second-order valence-corrected chi connectivity index (χ2v) is 7.59. The number of nitrogens with one attached hydrogen (secondary N) is 1. The molecule has 0 saturated carbocycles. The number of carbonyl (C=O) groups excluding carboxylic acids is 1. The third-order valence-corrected chi connectivity index (χ3v) is 5.59. The van der Waals surface area contributed by atoms with E-state index in [2.05, 4.69) is 15.2 Å². The van der Waals surface area contributed by atoms with Crippen LogP contribution in [0.4, 0.5) is 4.39 Å². The molecule has 1 aromatic carbocycles. The number of hydrogen-bond acceptors (Lipinski definition) is 4. The van der Waals surface area contributed by atoms with Gasteiger partial charge in [-0.25, -0.2) is 9.37 Å². The van der Waals surface area contributed by atoms with Crippen molar-refractivity contribution >= 4 is 5.91 Å². The minimum Gasteiger partial charge on any atom is -0.445 e. The summed E-state index contributed by atoms with van der Waals surface area (Å²) in [6.45, 7) is 5.26. The number of carbonyl (C=O) groups is 1. The van der Waals surface area contributed by atoms with Gasteiger partial charge in [0.25, 0.3) is 5.91 Å². The molecular weight excluding hydrogens is 371 g/mol. The standard InChI is InChI=1S/C22H25FN4O2/c1-3-19-14(2)20(26-25-19)22(28)27-10-4-5-16(13-27)21-24-12-18(29-21)11-15-6-8-17(23)9-7-15/h6-9,12,16H,3-5,10-11,13H2,1-2H3,(H,25,26)/t16-/m1/s1. The van der Waals surface area contributed by atoms with Gasteiger partial charge in [-0.3, -0.25) is 9.89 Å². The minimum atomic E-state index is -0.253. The Kier molecular flexibility index (Phi) is 5.47. The molecular formula is C22H25FN4O2. The van der Waals surface area contributed by atoms with Gasteiger partial charge in [0.1, 0.15) is 11.6 Å². The van der Waals surface area contributed by atoms with Crippen LogP contribution in [0.15, 0.2) is 34.9 Å². The molecule has 3 heterocycles. The normalized spacial score (nSPS) is 16.9. The van der Waals surface area contributed by atoms with E-state index in [1.165, 1.54) is 12.1 Å². The third kappa shape index (κ3) is 4.09. The molecule has 0 unspecified atom stereocenters. The van der Waals surface area contributed by atoms with Crippen LogP contribution >= 0.6 is 0 Å². The van der Waals surface area contributed by atoms with Gasteiger partial charge in [0.05, 0.1) is 12.1 Å². The maximum absolute atomic E-state index is 13.1. The number of benzene rings is 1. The summed E-state index contributed by atoms with van der Waals surface area (Å²) in [5.74, 6) is 1.18. The summed E-state index contributed by atoms with van der Waals surface area (Å²) in [6.07, 6.45) is 4.94. The molecule has 1 N–H and O–H groups in total. The number of rotatable bonds is 5. The number of hydrogen-bond donors (Lipinski definition) is 1. The first kappa shape index (κ1) is 19.4. The lowest BCUT2D eigenvalue weighted by molar-refractivity contribution is 0.0691. The molecule has 29 heavy (non-hydrogen) atoms. The number of likely N-dealkylation sites (tertiary alicyclic amines) is 1. The van der Waals surface area contributed by atoms with Crippen molar-refractivity contribution in [3.63, 3.8) is 0 Å². The van der Waals surface area contributed by atoms with Crippen LogP contribution in [0.3, 0.4) is 0 Å². The Hall–Kier alpha value is -2.96. The van der Waals surface area contributed by atoms with Crippen LogP contribution in [0, 0.1) is 12.7 Å². The minimum absolute atomic E-state index is 0.0405. The molecule has 0 spiro atoms. The first-order chi connectivity index (χ1) is 14.0. The highest BCUT2D eigenvalue weighted by atomic mass is 19.1. The molecule has 7 heteroatoms. The molecule has 1 aliphatic heterocycles. The van der Waals surface area contributed by atoms with Crippen molar-refractivity contribution in [3.05, 3.63) is 70.4 Å². The molecule has 4 rings (SSSR count). The average molecular weight is 396 g/mol. The van der Waals surface area contributed by atoms with Crippen molar-refractivity contribution in [1.29, 1.82) is 0 Å². The van der Waals surface area contributed by atoms with Gasteiger partial charge in [-0.1, -0.05) is 19.1 Å². The summed E-state index contributed by atoms with van der Waals surface area (Å²) < 4.78 is 19.0. The highest BCUT2D eigenvalue weighted by Crippen LogP contribution is 2.28. The van der Waals surface area contributed by atoms with Crippen molar-refractivity contribution < 1.29 is 13.6 Å². The van der Waals surface area contributed by atoms with E-state index in [-0.39, 0.29) is 17.6 Å². The van der Waals surface area contributed by atoms with Gasteiger partial charge in [0.2, 0.25) is 0 Å². The quantitative estimate of drug-likeness (QED) is 0.707. The first-order valence-corrected chi connectivity index (χ1v) is 10.1. The van der Waals surface area contributed by atoms with Crippen LogP contribution in [-0.4, -0.2) is 39.1 Å². The number of aromatic nitrogens is 3. The zero-order valence-corrected chi connectivity index (χ0v) is 16.7. The van der Waals surface area contributed by atoms with Crippen molar-refractivity contribution in [3.8, 4) is 0 Å². The Morgan fingerprint density at radius 2 is 2.14 bits per heavy atom. The second-order valence-electron chi connectivity index (χ2n) is 7.59. The van der Waals surface area contributed by atoms with E-state index >= 15 is 0 Å². The Labute approximate surface area is 169 Å². The lowest BCUT2D eigenvalue weighted by Crippen LogP contribution is -2.39. The number of H-pyrrole nitrogens is 1. The monoisotopic (exact) mass is 396 g/mol. The Morgan fingerprint density at radius 3 is 2.86 bits per heavy atom. The maximum atomic E-state index is 13.1. The number of halogens is 1. The molecule has 1 fully saturated rings. The third-order valence-electron chi connectivity index (χ3n) is 5.59. The maximum Gasteiger partial charge on any atom is 0.274 e. The fraction of sp³-hybridized carbons (Fsp3) is 0.409. The first-order valence-electron chi connectivity index (χ1n) is 10.1. The van der Waals surface area contributed by atoms with Gasteiger partial charge in [0.15, 0.2) is 11.6 Å². The predicted molar refractivity (Wildman–Crippen MR) is 106 cm³/mol. The van der Waals surface area contributed by atoms with Gasteiger partial charge in [-0.05, 0) is 43.9 Å². The summed E-state index contributed by atoms with van der Waals surface area (Å²) in [5, 5.41) is 7.20. The van der Waals surface area contributed by atoms with Crippen LogP contribution in [0.5, 0.6) is 0 Å². The Morgan fingerprint density at radius 1 is 1.34 bits per heavy atom. The Balaban J connectivity index is 1.44.